The fraction of sp³-hybridized carbons (Fsp3) is 0.625. The Labute approximate surface area is 116 Å². The highest BCUT2D eigenvalue weighted by Gasteiger charge is 2.19. The van der Waals surface area contributed by atoms with Crippen molar-refractivity contribution in [1.29, 1.82) is 0 Å². The molecule has 0 radical (unpaired) electrons. The van der Waals surface area contributed by atoms with Crippen LogP contribution in [0.2, 0.25) is 0 Å². The van der Waals surface area contributed by atoms with Crippen LogP contribution in [0.5, 0.6) is 5.75 Å². The average molecular weight is 262 g/mol. The molecular weight excluding hydrogens is 236 g/mol. The van der Waals surface area contributed by atoms with Crippen molar-refractivity contribution in [3.63, 3.8) is 0 Å². The Balaban J connectivity index is 2.15. The van der Waals surface area contributed by atoms with Crippen LogP contribution in [0.4, 0.5) is 11.4 Å². The average Bonchev–Trinajstić information content (AvgIpc) is 2.41. The van der Waals surface area contributed by atoms with E-state index >= 15 is 0 Å². The Bertz CT molecular complexity index is 417. The number of hydrogen-bond donors (Lipinski definition) is 1. The van der Waals surface area contributed by atoms with Crippen molar-refractivity contribution < 1.29 is 4.74 Å². The second-order valence-corrected chi connectivity index (χ2v) is 5.75. The van der Waals surface area contributed by atoms with Gasteiger partial charge in [0.1, 0.15) is 5.75 Å². The van der Waals surface area contributed by atoms with Crippen molar-refractivity contribution >= 4 is 11.4 Å². The van der Waals surface area contributed by atoms with Gasteiger partial charge in [0.2, 0.25) is 0 Å². The molecule has 2 N–H and O–H groups in total. The van der Waals surface area contributed by atoms with Gasteiger partial charge in [-0.3, -0.25) is 0 Å². The van der Waals surface area contributed by atoms with Gasteiger partial charge < -0.3 is 15.4 Å². The Hall–Kier alpha value is -1.38. The van der Waals surface area contributed by atoms with Crippen LogP contribution in [0.1, 0.15) is 40.0 Å². The molecule has 0 saturated carbocycles. The van der Waals surface area contributed by atoms with Gasteiger partial charge in [-0.25, -0.2) is 0 Å². The van der Waals surface area contributed by atoms with Gasteiger partial charge >= 0.3 is 0 Å². The summed E-state index contributed by atoms with van der Waals surface area (Å²) < 4.78 is 5.78. The number of ether oxygens (including phenoxy) is 1. The fourth-order valence-electron chi connectivity index (χ4n) is 2.71. The summed E-state index contributed by atoms with van der Waals surface area (Å²) in [6.07, 6.45) is 4.06. The van der Waals surface area contributed by atoms with E-state index in [0.717, 1.165) is 30.4 Å². The SMILES string of the molecule is CCC1CCCN(c2ccc(N)c(OC(C)C)c2)C1. The number of anilines is 2. The molecule has 0 amide bonds. The lowest BCUT2D eigenvalue weighted by Crippen LogP contribution is -2.35. The minimum absolute atomic E-state index is 0.155. The third-order valence-electron chi connectivity index (χ3n) is 3.82. The number of hydrogen-bond acceptors (Lipinski definition) is 3. The predicted molar refractivity (Wildman–Crippen MR) is 81.8 cm³/mol. The summed E-state index contributed by atoms with van der Waals surface area (Å²) in [5.41, 5.74) is 7.94. The van der Waals surface area contributed by atoms with Gasteiger partial charge in [0.15, 0.2) is 0 Å². The van der Waals surface area contributed by atoms with Gasteiger partial charge in [0.25, 0.3) is 0 Å². The minimum Gasteiger partial charge on any atom is -0.489 e. The molecule has 1 unspecified atom stereocenters. The van der Waals surface area contributed by atoms with Gasteiger partial charge in [-0.15, -0.1) is 0 Å². The molecule has 1 aliphatic heterocycles. The Morgan fingerprint density at radius 2 is 2.21 bits per heavy atom. The molecule has 2 rings (SSSR count). The van der Waals surface area contributed by atoms with Crippen LogP contribution in [0.25, 0.3) is 0 Å². The molecule has 19 heavy (non-hydrogen) atoms. The lowest BCUT2D eigenvalue weighted by molar-refractivity contribution is 0.244. The van der Waals surface area contributed by atoms with Crippen LogP contribution in [-0.4, -0.2) is 19.2 Å². The van der Waals surface area contributed by atoms with E-state index in [1.54, 1.807) is 0 Å². The summed E-state index contributed by atoms with van der Waals surface area (Å²) in [5, 5.41) is 0. The molecule has 1 saturated heterocycles. The summed E-state index contributed by atoms with van der Waals surface area (Å²) in [7, 11) is 0. The Kier molecular flexibility index (Phi) is 4.56. The second-order valence-electron chi connectivity index (χ2n) is 5.75. The molecule has 1 aromatic rings. The van der Waals surface area contributed by atoms with Crippen molar-refractivity contribution in [3.8, 4) is 5.75 Å². The van der Waals surface area contributed by atoms with E-state index < -0.39 is 0 Å². The predicted octanol–water partition coefficient (Wildman–Crippen LogP) is 3.68. The molecule has 106 valence electrons. The Morgan fingerprint density at radius 1 is 1.42 bits per heavy atom. The topological polar surface area (TPSA) is 38.5 Å². The van der Waals surface area contributed by atoms with Crippen LogP contribution >= 0.6 is 0 Å². The minimum atomic E-state index is 0.155. The van der Waals surface area contributed by atoms with Crippen LogP contribution in [0.15, 0.2) is 18.2 Å². The highest BCUT2D eigenvalue weighted by Crippen LogP contribution is 2.31. The zero-order valence-electron chi connectivity index (χ0n) is 12.4. The highest BCUT2D eigenvalue weighted by atomic mass is 16.5. The first kappa shape index (κ1) is 14.0. The molecule has 0 spiro atoms. The molecule has 1 aromatic carbocycles. The number of nitrogens with zero attached hydrogens (tertiary/aromatic N) is 1. The summed E-state index contributed by atoms with van der Waals surface area (Å²) in [6, 6.07) is 6.16. The normalized spacial score (nSPS) is 19.8. The van der Waals surface area contributed by atoms with Crippen molar-refractivity contribution in [1.82, 2.24) is 0 Å². The molecular formula is C16H26N2O. The van der Waals surface area contributed by atoms with E-state index in [1.165, 1.54) is 24.9 Å². The molecule has 0 bridgehead atoms. The van der Waals surface area contributed by atoms with Crippen molar-refractivity contribution in [2.75, 3.05) is 23.7 Å². The maximum Gasteiger partial charge on any atom is 0.144 e. The van der Waals surface area contributed by atoms with Crippen LogP contribution in [0, 0.1) is 5.92 Å². The standard InChI is InChI=1S/C16H26N2O/c1-4-13-6-5-9-18(11-13)14-7-8-15(17)16(10-14)19-12(2)3/h7-8,10,12-13H,4-6,9,11,17H2,1-3H3. The van der Waals surface area contributed by atoms with E-state index in [1.807, 2.05) is 19.9 Å². The maximum absolute atomic E-state index is 5.98. The molecule has 3 heteroatoms. The number of nitrogens with two attached hydrogens (primary N) is 1. The maximum atomic E-state index is 5.98. The van der Waals surface area contributed by atoms with E-state index in [0.29, 0.717) is 0 Å². The van der Waals surface area contributed by atoms with Gasteiger partial charge in [-0.2, -0.15) is 0 Å². The van der Waals surface area contributed by atoms with Gasteiger partial charge in [-0.1, -0.05) is 13.3 Å². The molecule has 0 aliphatic carbocycles. The quantitative estimate of drug-likeness (QED) is 0.841. The number of benzene rings is 1. The van der Waals surface area contributed by atoms with E-state index in [4.69, 9.17) is 10.5 Å². The molecule has 0 aromatic heterocycles. The lowest BCUT2D eigenvalue weighted by atomic mass is 9.95. The van der Waals surface area contributed by atoms with Crippen LogP contribution in [-0.2, 0) is 0 Å². The van der Waals surface area contributed by atoms with Crippen molar-refractivity contribution in [3.05, 3.63) is 18.2 Å². The monoisotopic (exact) mass is 262 g/mol. The van der Waals surface area contributed by atoms with Crippen LogP contribution in [0.3, 0.4) is 0 Å². The summed E-state index contributed by atoms with van der Waals surface area (Å²) in [6.45, 7) is 8.63. The third-order valence-corrected chi connectivity index (χ3v) is 3.82. The van der Waals surface area contributed by atoms with Crippen molar-refractivity contribution in [2.24, 2.45) is 5.92 Å². The molecule has 1 aliphatic rings. The zero-order chi connectivity index (χ0) is 13.8. The largest absolute Gasteiger partial charge is 0.489 e. The van der Waals surface area contributed by atoms with Crippen molar-refractivity contribution in [2.45, 2.75) is 46.1 Å². The first-order valence-electron chi connectivity index (χ1n) is 7.41. The first-order valence-corrected chi connectivity index (χ1v) is 7.41. The lowest BCUT2D eigenvalue weighted by Gasteiger charge is -2.34. The first-order chi connectivity index (χ1) is 9.10. The second kappa shape index (κ2) is 6.18. The van der Waals surface area contributed by atoms with Gasteiger partial charge in [0.05, 0.1) is 11.8 Å². The van der Waals surface area contributed by atoms with Gasteiger partial charge in [0, 0.05) is 24.8 Å². The highest BCUT2D eigenvalue weighted by molar-refractivity contribution is 5.62. The molecule has 3 nitrogen and oxygen atoms in total. The zero-order valence-corrected chi connectivity index (χ0v) is 12.4. The Morgan fingerprint density at radius 3 is 2.89 bits per heavy atom. The fourth-order valence-corrected chi connectivity index (χ4v) is 2.71. The number of rotatable bonds is 4. The third kappa shape index (κ3) is 3.55. The molecule has 1 atom stereocenters. The summed E-state index contributed by atoms with van der Waals surface area (Å²) in [4.78, 5) is 2.46. The molecule has 1 heterocycles. The number of nitrogen functional groups attached to an aromatic ring is 1. The number of piperidine rings is 1. The van der Waals surface area contributed by atoms with Gasteiger partial charge in [-0.05, 0) is 44.7 Å². The molecule has 1 fully saturated rings. The van der Waals surface area contributed by atoms with Crippen LogP contribution < -0.4 is 15.4 Å². The summed E-state index contributed by atoms with van der Waals surface area (Å²) in [5.74, 6) is 1.63. The smallest absolute Gasteiger partial charge is 0.144 e. The van der Waals surface area contributed by atoms with E-state index in [-0.39, 0.29) is 6.10 Å². The van der Waals surface area contributed by atoms with E-state index in [9.17, 15) is 0 Å². The summed E-state index contributed by atoms with van der Waals surface area (Å²) >= 11 is 0. The van der Waals surface area contributed by atoms with E-state index in [2.05, 4.69) is 24.0 Å².